The maximum atomic E-state index is 9.95. The Morgan fingerprint density at radius 2 is 2.19 bits per heavy atom. The van der Waals surface area contributed by atoms with Crippen molar-refractivity contribution in [1.82, 2.24) is 14.8 Å². The highest BCUT2D eigenvalue weighted by atomic mass is 35.5. The normalized spacial score (nSPS) is 12.7. The molecule has 0 radical (unpaired) electrons. The van der Waals surface area contributed by atoms with Gasteiger partial charge in [-0.1, -0.05) is 29.3 Å². The predicted molar refractivity (Wildman–Crippen MR) is 61.4 cm³/mol. The second-order valence-electron chi connectivity index (χ2n) is 3.30. The van der Waals surface area contributed by atoms with Crippen molar-refractivity contribution >= 4 is 23.2 Å². The van der Waals surface area contributed by atoms with Gasteiger partial charge < -0.3 is 5.11 Å². The number of aliphatic hydroxyl groups excluding tert-OH is 1. The first-order chi connectivity index (χ1) is 7.66. The lowest BCUT2D eigenvalue weighted by Crippen LogP contribution is -2.09. The zero-order valence-electron chi connectivity index (χ0n) is 8.22. The maximum Gasteiger partial charge on any atom is 0.137 e. The average Bonchev–Trinajstić information content (AvgIpc) is 2.70. The van der Waals surface area contributed by atoms with E-state index in [2.05, 4.69) is 10.1 Å². The third-order valence-electron chi connectivity index (χ3n) is 2.15. The zero-order chi connectivity index (χ0) is 11.5. The molecule has 0 amide bonds. The van der Waals surface area contributed by atoms with Gasteiger partial charge in [0.1, 0.15) is 18.8 Å². The van der Waals surface area contributed by atoms with Gasteiger partial charge in [-0.2, -0.15) is 5.10 Å². The second kappa shape index (κ2) is 4.82. The molecule has 1 heterocycles. The van der Waals surface area contributed by atoms with Gasteiger partial charge in [-0.15, -0.1) is 0 Å². The van der Waals surface area contributed by atoms with Crippen LogP contribution in [0.1, 0.15) is 11.7 Å². The van der Waals surface area contributed by atoms with E-state index in [1.54, 1.807) is 18.2 Å². The molecule has 0 aliphatic rings. The molecule has 1 atom stereocenters. The Hall–Kier alpha value is -1.10. The molecule has 2 aromatic rings. The van der Waals surface area contributed by atoms with Gasteiger partial charge >= 0.3 is 0 Å². The minimum absolute atomic E-state index is 0.307. The molecule has 0 bridgehead atoms. The molecule has 0 unspecified atom stereocenters. The first kappa shape index (κ1) is 11.4. The van der Waals surface area contributed by atoms with Crippen LogP contribution in [0, 0.1) is 0 Å². The summed E-state index contributed by atoms with van der Waals surface area (Å²) in [7, 11) is 0. The van der Waals surface area contributed by atoms with E-state index < -0.39 is 6.10 Å². The van der Waals surface area contributed by atoms with Gasteiger partial charge in [0.25, 0.3) is 0 Å². The van der Waals surface area contributed by atoms with Gasteiger partial charge in [-0.3, -0.25) is 4.68 Å². The molecule has 2 rings (SSSR count). The number of hydrogen-bond acceptors (Lipinski definition) is 3. The lowest BCUT2D eigenvalue weighted by Gasteiger charge is -2.12. The third-order valence-corrected chi connectivity index (χ3v) is 2.71. The van der Waals surface area contributed by atoms with Gasteiger partial charge in [-0.05, 0) is 12.1 Å². The number of benzene rings is 1. The van der Waals surface area contributed by atoms with Crippen LogP contribution in [0.25, 0.3) is 0 Å². The Bertz CT molecular complexity index is 473. The monoisotopic (exact) mass is 257 g/mol. The smallest absolute Gasteiger partial charge is 0.137 e. The van der Waals surface area contributed by atoms with E-state index in [1.807, 2.05) is 0 Å². The zero-order valence-corrected chi connectivity index (χ0v) is 9.73. The molecular formula is C10H9Cl2N3O. The molecule has 1 aromatic carbocycles. The fourth-order valence-electron chi connectivity index (χ4n) is 1.37. The molecule has 0 spiro atoms. The van der Waals surface area contributed by atoms with Crippen molar-refractivity contribution in [2.24, 2.45) is 0 Å². The lowest BCUT2D eigenvalue weighted by atomic mass is 10.1. The van der Waals surface area contributed by atoms with Crippen LogP contribution in [0.2, 0.25) is 10.0 Å². The van der Waals surface area contributed by atoms with Crippen LogP contribution >= 0.6 is 23.2 Å². The molecule has 1 N–H and O–H groups in total. The molecule has 16 heavy (non-hydrogen) atoms. The minimum Gasteiger partial charge on any atom is -0.386 e. The first-order valence-electron chi connectivity index (χ1n) is 4.62. The average molecular weight is 258 g/mol. The number of halogens is 2. The SMILES string of the molecule is O[C@H](Cn1cncn1)c1ccc(Cl)cc1Cl. The highest BCUT2D eigenvalue weighted by molar-refractivity contribution is 6.35. The van der Waals surface area contributed by atoms with Crippen LogP contribution in [0.5, 0.6) is 0 Å². The molecule has 0 aliphatic carbocycles. The van der Waals surface area contributed by atoms with Gasteiger partial charge in [0, 0.05) is 15.6 Å². The van der Waals surface area contributed by atoms with Gasteiger partial charge in [0.05, 0.1) is 6.54 Å². The van der Waals surface area contributed by atoms with Gasteiger partial charge in [-0.25, -0.2) is 4.98 Å². The van der Waals surface area contributed by atoms with Crippen LogP contribution in [0.15, 0.2) is 30.9 Å². The fourth-order valence-corrected chi connectivity index (χ4v) is 1.91. The Kier molecular flexibility index (Phi) is 3.43. The number of hydrogen-bond donors (Lipinski definition) is 1. The Morgan fingerprint density at radius 1 is 1.38 bits per heavy atom. The largest absolute Gasteiger partial charge is 0.386 e. The molecule has 4 nitrogen and oxygen atoms in total. The maximum absolute atomic E-state index is 9.95. The van der Waals surface area contributed by atoms with E-state index in [9.17, 15) is 5.11 Å². The molecular weight excluding hydrogens is 249 g/mol. The summed E-state index contributed by atoms with van der Waals surface area (Å²) in [6, 6.07) is 4.99. The first-order valence-corrected chi connectivity index (χ1v) is 5.38. The topological polar surface area (TPSA) is 50.9 Å². The quantitative estimate of drug-likeness (QED) is 0.919. The van der Waals surface area contributed by atoms with Crippen molar-refractivity contribution in [2.75, 3.05) is 0 Å². The predicted octanol–water partition coefficient (Wildman–Crippen LogP) is 2.32. The minimum atomic E-state index is -0.730. The summed E-state index contributed by atoms with van der Waals surface area (Å²) in [6.45, 7) is 0.307. The summed E-state index contributed by atoms with van der Waals surface area (Å²) in [5.41, 5.74) is 0.626. The molecule has 84 valence electrons. The van der Waals surface area contributed by atoms with E-state index in [1.165, 1.54) is 17.3 Å². The van der Waals surface area contributed by atoms with Crippen molar-refractivity contribution in [3.8, 4) is 0 Å². The fraction of sp³-hybridized carbons (Fsp3) is 0.200. The third kappa shape index (κ3) is 2.52. The summed E-state index contributed by atoms with van der Waals surface area (Å²) >= 11 is 11.7. The standard InChI is InChI=1S/C10H9Cl2N3O/c11-7-1-2-8(9(12)3-7)10(16)4-15-6-13-5-14-15/h1-3,5-6,10,16H,4H2/t10-/m1/s1. The summed E-state index contributed by atoms with van der Waals surface area (Å²) < 4.78 is 1.54. The van der Waals surface area contributed by atoms with Crippen molar-refractivity contribution in [3.63, 3.8) is 0 Å². The van der Waals surface area contributed by atoms with E-state index in [0.717, 1.165) is 0 Å². The summed E-state index contributed by atoms with van der Waals surface area (Å²) in [4.78, 5) is 3.79. The van der Waals surface area contributed by atoms with Crippen LogP contribution in [0.3, 0.4) is 0 Å². The lowest BCUT2D eigenvalue weighted by molar-refractivity contribution is 0.151. The second-order valence-corrected chi connectivity index (χ2v) is 4.14. The van der Waals surface area contributed by atoms with Gasteiger partial charge in [0.15, 0.2) is 0 Å². The molecule has 0 saturated carbocycles. The van der Waals surface area contributed by atoms with E-state index in [0.29, 0.717) is 22.2 Å². The van der Waals surface area contributed by atoms with Gasteiger partial charge in [0.2, 0.25) is 0 Å². The molecule has 0 saturated heterocycles. The number of nitrogens with zero attached hydrogens (tertiary/aromatic N) is 3. The van der Waals surface area contributed by atoms with Crippen LogP contribution in [-0.2, 0) is 6.54 Å². The summed E-state index contributed by atoms with van der Waals surface area (Å²) in [5, 5.41) is 14.8. The van der Waals surface area contributed by atoms with Crippen LogP contribution < -0.4 is 0 Å². The Labute approximate surface area is 102 Å². The number of aliphatic hydroxyl groups is 1. The van der Waals surface area contributed by atoms with Crippen molar-refractivity contribution in [3.05, 3.63) is 46.5 Å². The number of rotatable bonds is 3. The van der Waals surface area contributed by atoms with Crippen molar-refractivity contribution in [1.29, 1.82) is 0 Å². The highest BCUT2D eigenvalue weighted by Gasteiger charge is 2.12. The Morgan fingerprint density at radius 3 is 2.81 bits per heavy atom. The molecule has 6 heteroatoms. The van der Waals surface area contributed by atoms with Crippen LogP contribution in [-0.4, -0.2) is 19.9 Å². The molecule has 0 fully saturated rings. The highest BCUT2D eigenvalue weighted by Crippen LogP contribution is 2.26. The number of aromatic nitrogens is 3. The van der Waals surface area contributed by atoms with Crippen molar-refractivity contribution < 1.29 is 5.11 Å². The summed E-state index contributed by atoms with van der Waals surface area (Å²) in [6.07, 6.45) is 2.22. The molecule has 0 aliphatic heterocycles. The van der Waals surface area contributed by atoms with E-state index in [-0.39, 0.29) is 0 Å². The Balaban J connectivity index is 2.17. The van der Waals surface area contributed by atoms with Crippen LogP contribution in [0.4, 0.5) is 0 Å². The summed E-state index contributed by atoms with van der Waals surface area (Å²) in [5.74, 6) is 0. The van der Waals surface area contributed by atoms with E-state index in [4.69, 9.17) is 23.2 Å². The van der Waals surface area contributed by atoms with Crippen molar-refractivity contribution in [2.45, 2.75) is 12.6 Å². The van der Waals surface area contributed by atoms with E-state index >= 15 is 0 Å². The molecule has 1 aromatic heterocycles.